The Kier molecular flexibility index (Phi) is 3.95. The maximum Gasteiger partial charge on any atom is 0.262 e. The minimum absolute atomic E-state index is 0.360. The molecule has 1 atom stereocenters. The maximum atomic E-state index is 11.7. The van der Waals surface area contributed by atoms with Gasteiger partial charge in [-0.05, 0) is 24.3 Å². The van der Waals surface area contributed by atoms with Crippen molar-refractivity contribution in [3.8, 4) is 34.1 Å². The topological polar surface area (TPSA) is 97.6 Å². The van der Waals surface area contributed by atoms with Crippen molar-refractivity contribution >= 4 is 10.8 Å². The molecule has 124 valence electrons. The van der Waals surface area contributed by atoms with E-state index in [2.05, 4.69) is 25.3 Å². The first-order valence-electron chi connectivity index (χ1n) is 7.44. The Labute approximate surface area is 145 Å². The van der Waals surface area contributed by atoms with E-state index in [4.69, 9.17) is 4.52 Å². The van der Waals surface area contributed by atoms with Gasteiger partial charge in [-0.25, -0.2) is 0 Å². The summed E-state index contributed by atoms with van der Waals surface area (Å²) < 4.78 is 17.1. The predicted molar refractivity (Wildman–Crippen MR) is 92.9 cm³/mol. The molecular formula is C17H13N5O2S. The lowest BCUT2D eigenvalue weighted by molar-refractivity contribution is 0.432. The molecule has 0 aliphatic carbocycles. The van der Waals surface area contributed by atoms with Crippen LogP contribution in [-0.2, 0) is 10.8 Å². The van der Waals surface area contributed by atoms with Crippen molar-refractivity contribution in [2.24, 2.45) is 0 Å². The van der Waals surface area contributed by atoms with Gasteiger partial charge in [0, 0.05) is 45.5 Å². The predicted octanol–water partition coefficient (Wildman–Crippen LogP) is 2.93. The van der Waals surface area contributed by atoms with Crippen LogP contribution in [-0.4, -0.2) is 35.8 Å². The fourth-order valence-corrected chi connectivity index (χ4v) is 3.01. The molecule has 0 aliphatic heterocycles. The molecule has 3 aromatic heterocycles. The maximum absolute atomic E-state index is 11.7. The zero-order valence-corrected chi connectivity index (χ0v) is 14.0. The number of hydrogen-bond donors (Lipinski definition) is 1. The highest BCUT2D eigenvalue weighted by molar-refractivity contribution is 7.84. The van der Waals surface area contributed by atoms with Crippen molar-refractivity contribution < 1.29 is 8.73 Å². The van der Waals surface area contributed by atoms with Crippen LogP contribution in [0.25, 0.3) is 34.1 Å². The van der Waals surface area contributed by atoms with Crippen LogP contribution in [0.2, 0.25) is 0 Å². The monoisotopic (exact) mass is 351 g/mol. The summed E-state index contributed by atoms with van der Waals surface area (Å²) in [5, 5.41) is 11.1. The number of H-pyrrole nitrogens is 1. The van der Waals surface area contributed by atoms with Crippen LogP contribution in [0.4, 0.5) is 0 Å². The molecule has 8 heteroatoms. The molecular weight excluding hydrogens is 338 g/mol. The third kappa shape index (κ3) is 2.99. The summed E-state index contributed by atoms with van der Waals surface area (Å²) in [5.74, 6) is 0.794. The van der Waals surface area contributed by atoms with E-state index >= 15 is 0 Å². The van der Waals surface area contributed by atoms with E-state index in [1.807, 2.05) is 24.3 Å². The highest BCUT2D eigenvalue weighted by Gasteiger charge is 2.17. The van der Waals surface area contributed by atoms with E-state index in [-0.39, 0.29) is 0 Å². The highest BCUT2D eigenvalue weighted by atomic mass is 32.2. The van der Waals surface area contributed by atoms with Crippen molar-refractivity contribution in [3.63, 3.8) is 0 Å². The van der Waals surface area contributed by atoms with E-state index in [0.29, 0.717) is 22.2 Å². The molecule has 0 bridgehead atoms. The minimum Gasteiger partial charge on any atom is -0.333 e. The number of aromatic amines is 1. The number of nitrogens with one attached hydrogen (secondary N) is 1. The summed E-state index contributed by atoms with van der Waals surface area (Å²) >= 11 is 0. The Morgan fingerprint density at radius 3 is 2.76 bits per heavy atom. The molecule has 0 spiro atoms. The number of benzene rings is 1. The second kappa shape index (κ2) is 6.40. The number of aromatic nitrogens is 5. The van der Waals surface area contributed by atoms with E-state index in [1.165, 1.54) is 0 Å². The van der Waals surface area contributed by atoms with Gasteiger partial charge in [0.25, 0.3) is 5.89 Å². The normalized spacial score (nSPS) is 12.2. The van der Waals surface area contributed by atoms with Gasteiger partial charge in [-0.15, -0.1) is 0 Å². The number of nitrogens with zero attached hydrogens (tertiary/aromatic N) is 4. The summed E-state index contributed by atoms with van der Waals surface area (Å²) in [4.78, 5) is 9.18. The largest absolute Gasteiger partial charge is 0.333 e. The highest BCUT2D eigenvalue weighted by Crippen LogP contribution is 2.30. The standard InChI is InChI=1S/C17H13N5O2S/c1-25(23)13-4-2-3-12(9-13)16-20-17(24-22-16)14-10-19-21-15(14)11-5-7-18-8-6-11/h2-10H,1H3,(H,19,21). The van der Waals surface area contributed by atoms with Crippen molar-refractivity contribution in [1.29, 1.82) is 0 Å². The molecule has 1 aromatic carbocycles. The summed E-state index contributed by atoms with van der Waals surface area (Å²) in [7, 11) is -1.07. The van der Waals surface area contributed by atoms with Crippen LogP contribution >= 0.6 is 0 Å². The van der Waals surface area contributed by atoms with Gasteiger partial charge >= 0.3 is 0 Å². The van der Waals surface area contributed by atoms with Gasteiger partial charge in [0.15, 0.2) is 0 Å². The molecule has 7 nitrogen and oxygen atoms in total. The Hall–Kier alpha value is -3.13. The van der Waals surface area contributed by atoms with Crippen LogP contribution in [0.5, 0.6) is 0 Å². The smallest absolute Gasteiger partial charge is 0.262 e. The minimum atomic E-state index is -1.07. The fraction of sp³-hybridized carbons (Fsp3) is 0.0588. The molecule has 25 heavy (non-hydrogen) atoms. The summed E-state index contributed by atoms with van der Waals surface area (Å²) in [6, 6.07) is 11.0. The molecule has 0 amide bonds. The first kappa shape index (κ1) is 15.4. The van der Waals surface area contributed by atoms with Gasteiger partial charge in [0.2, 0.25) is 5.82 Å². The van der Waals surface area contributed by atoms with Gasteiger partial charge in [0.05, 0.1) is 17.5 Å². The van der Waals surface area contributed by atoms with E-state index in [0.717, 1.165) is 16.8 Å². The molecule has 0 fully saturated rings. The summed E-state index contributed by atoms with van der Waals surface area (Å²) in [6.07, 6.45) is 6.68. The van der Waals surface area contributed by atoms with Gasteiger partial charge in [-0.1, -0.05) is 17.3 Å². The first-order valence-corrected chi connectivity index (χ1v) is 9.00. The fourth-order valence-electron chi connectivity index (χ4n) is 2.45. The van der Waals surface area contributed by atoms with Gasteiger partial charge in [-0.2, -0.15) is 10.1 Å². The van der Waals surface area contributed by atoms with Crippen molar-refractivity contribution in [1.82, 2.24) is 25.3 Å². The zero-order valence-electron chi connectivity index (χ0n) is 13.2. The molecule has 0 saturated carbocycles. The lowest BCUT2D eigenvalue weighted by Gasteiger charge is -1.99. The molecule has 4 aromatic rings. The quantitative estimate of drug-likeness (QED) is 0.607. The van der Waals surface area contributed by atoms with Gasteiger partial charge < -0.3 is 4.52 Å². The van der Waals surface area contributed by atoms with Crippen LogP contribution in [0, 0.1) is 0 Å². The zero-order chi connectivity index (χ0) is 17.2. The first-order chi connectivity index (χ1) is 12.2. The van der Waals surface area contributed by atoms with Crippen LogP contribution in [0.3, 0.4) is 0 Å². The van der Waals surface area contributed by atoms with E-state index in [9.17, 15) is 4.21 Å². The van der Waals surface area contributed by atoms with E-state index in [1.54, 1.807) is 37.0 Å². The summed E-state index contributed by atoms with van der Waals surface area (Å²) in [6.45, 7) is 0. The van der Waals surface area contributed by atoms with E-state index < -0.39 is 10.8 Å². The van der Waals surface area contributed by atoms with Gasteiger partial charge in [0.1, 0.15) is 0 Å². The Morgan fingerprint density at radius 2 is 1.96 bits per heavy atom. The van der Waals surface area contributed by atoms with Crippen molar-refractivity contribution in [2.75, 3.05) is 6.26 Å². The third-order valence-electron chi connectivity index (χ3n) is 3.69. The molecule has 0 aliphatic rings. The van der Waals surface area contributed by atoms with Crippen LogP contribution in [0.15, 0.2) is 64.4 Å². The molecule has 0 saturated heterocycles. The Balaban J connectivity index is 1.73. The summed E-state index contributed by atoms with van der Waals surface area (Å²) in [5.41, 5.74) is 3.16. The molecule has 0 radical (unpaired) electrons. The Bertz CT molecular complexity index is 1040. The SMILES string of the molecule is CS(=O)c1cccc(-c2noc(-c3cn[nH]c3-c3ccncc3)n2)c1. The molecule has 4 rings (SSSR count). The molecule has 3 heterocycles. The second-order valence-electron chi connectivity index (χ2n) is 5.30. The van der Waals surface area contributed by atoms with Crippen molar-refractivity contribution in [2.45, 2.75) is 4.90 Å². The number of pyridine rings is 1. The van der Waals surface area contributed by atoms with Crippen molar-refractivity contribution in [3.05, 3.63) is 55.0 Å². The Morgan fingerprint density at radius 1 is 1.12 bits per heavy atom. The number of hydrogen-bond acceptors (Lipinski definition) is 6. The average Bonchev–Trinajstić information content (AvgIpc) is 3.32. The molecule has 1 N–H and O–H groups in total. The van der Waals surface area contributed by atoms with Crippen LogP contribution < -0.4 is 0 Å². The molecule has 1 unspecified atom stereocenters. The van der Waals surface area contributed by atoms with Gasteiger partial charge in [-0.3, -0.25) is 14.3 Å². The lowest BCUT2D eigenvalue weighted by atomic mass is 10.1. The second-order valence-corrected chi connectivity index (χ2v) is 6.68. The third-order valence-corrected chi connectivity index (χ3v) is 4.61. The average molecular weight is 351 g/mol. The van der Waals surface area contributed by atoms with Crippen LogP contribution in [0.1, 0.15) is 0 Å². The number of rotatable bonds is 4. The lowest BCUT2D eigenvalue weighted by Crippen LogP contribution is -1.89.